The highest BCUT2D eigenvalue weighted by molar-refractivity contribution is 6.03. The Balaban J connectivity index is 1.20. The van der Waals surface area contributed by atoms with Gasteiger partial charge in [-0.3, -0.25) is 0 Å². The molecule has 7 rings (SSSR count). The Morgan fingerprint density at radius 2 is 1.10 bits per heavy atom. The Morgan fingerprint density at radius 3 is 1.56 bits per heavy atom. The number of ether oxygens (including phenoxy) is 2. The van der Waals surface area contributed by atoms with Crippen LogP contribution in [0.2, 0.25) is 0 Å². The highest BCUT2D eigenvalue weighted by Gasteiger charge is 2.22. The molecule has 0 aliphatic heterocycles. The number of hydrogen-bond acceptors (Lipinski definition) is 3. The number of carboxylic acids is 1. The van der Waals surface area contributed by atoms with Crippen LogP contribution in [0.4, 0.5) is 0 Å². The van der Waals surface area contributed by atoms with Crippen molar-refractivity contribution in [1.29, 1.82) is 0 Å². The number of benzene rings is 6. The summed E-state index contributed by atoms with van der Waals surface area (Å²) in [5.74, 6) is -0.447. The molecule has 0 saturated carbocycles. The molecule has 200 valence electrons. The van der Waals surface area contributed by atoms with Gasteiger partial charge in [0, 0.05) is 17.6 Å². The molecule has 0 amide bonds. The summed E-state index contributed by atoms with van der Waals surface area (Å²) in [7, 11) is 0. The quantitative estimate of drug-likeness (QED) is 0.207. The Labute approximate surface area is 237 Å². The fourth-order valence-corrected chi connectivity index (χ4v) is 5.96. The van der Waals surface area contributed by atoms with E-state index in [2.05, 4.69) is 60.7 Å². The molecule has 0 saturated heterocycles. The van der Waals surface area contributed by atoms with Gasteiger partial charge in [-0.25, -0.2) is 4.79 Å². The number of fused-ring (bicyclic) bond motifs is 4. The molecule has 0 radical (unpaired) electrons. The first kappa shape index (κ1) is 25.1. The van der Waals surface area contributed by atoms with Crippen molar-refractivity contribution in [2.75, 3.05) is 0 Å². The van der Waals surface area contributed by atoms with Crippen molar-refractivity contribution in [1.82, 2.24) is 0 Å². The van der Waals surface area contributed by atoms with Gasteiger partial charge in [0.15, 0.2) is 0 Å². The lowest BCUT2D eigenvalue weighted by atomic mass is 9.97. The standard InChI is InChI=1S/C37H28O4/c38-37(39)28-19-29(40-22-35-31-13-5-1-9-24(31)17-25-10-2-6-14-32(25)35)21-30(20-28)41-23-36-33-15-7-3-11-26(33)18-27-12-4-8-16-34(27)36/h1-19,21,30H,20,22-23H2,(H,38,39). The summed E-state index contributed by atoms with van der Waals surface area (Å²) < 4.78 is 12.8. The van der Waals surface area contributed by atoms with Crippen LogP contribution in [0.1, 0.15) is 17.5 Å². The van der Waals surface area contributed by atoms with Crippen LogP contribution in [0.25, 0.3) is 43.1 Å². The average Bonchev–Trinajstić information content (AvgIpc) is 3.01. The van der Waals surface area contributed by atoms with E-state index in [4.69, 9.17) is 9.47 Å². The van der Waals surface area contributed by atoms with Crippen LogP contribution in [0.5, 0.6) is 0 Å². The van der Waals surface area contributed by atoms with E-state index in [0.29, 0.717) is 19.0 Å². The zero-order chi connectivity index (χ0) is 27.8. The van der Waals surface area contributed by atoms with Gasteiger partial charge in [-0.05, 0) is 72.9 Å². The molecule has 1 aliphatic carbocycles. The van der Waals surface area contributed by atoms with Crippen LogP contribution in [-0.4, -0.2) is 17.2 Å². The maximum absolute atomic E-state index is 12.1. The predicted octanol–water partition coefficient (Wildman–Crippen LogP) is 8.70. The van der Waals surface area contributed by atoms with Gasteiger partial charge >= 0.3 is 5.97 Å². The van der Waals surface area contributed by atoms with Gasteiger partial charge in [-0.2, -0.15) is 0 Å². The Hall–Kier alpha value is -4.93. The van der Waals surface area contributed by atoms with Crippen molar-refractivity contribution < 1.29 is 19.4 Å². The number of carboxylic acid groups (broad SMARTS) is 1. The lowest BCUT2D eigenvalue weighted by molar-refractivity contribution is -0.133. The lowest BCUT2D eigenvalue weighted by Crippen LogP contribution is -2.19. The normalized spacial score (nSPS) is 15.3. The van der Waals surface area contributed by atoms with E-state index in [9.17, 15) is 9.90 Å². The summed E-state index contributed by atoms with van der Waals surface area (Å²) in [6.45, 7) is 0.676. The molecule has 41 heavy (non-hydrogen) atoms. The summed E-state index contributed by atoms with van der Waals surface area (Å²) in [6.07, 6.45) is 3.39. The van der Waals surface area contributed by atoms with Crippen molar-refractivity contribution in [2.45, 2.75) is 25.7 Å². The van der Waals surface area contributed by atoms with E-state index in [-0.39, 0.29) is 12.0 Å². The SMILES string of the molecule is O=C(O)C1=CC(OCc2c3ccccc3cc3ccccc23)=CC(OCc2c3ccccc3cc3ccccc23)C1. The van der Waals surface area contributed by atoms with Crippen LogP contribution in [0.15, 0.2) is 133 Å². The second kappa shape index (κ2) is 10.6. The number of allylic oxidation sites excluding steroid dienone is 1. The first-order valence-corrected chi connectivity index (χ1v) is 13.8. The van der Waals surface area contributed by atoms with Gasteiger partial charge in [0.1, 0.15) is 12.4 Å². The summed E-state index contributed by atoms with van der Waals surface area (Å²) in [5.41, 5.74) is 2.46. The summed E-state index contributed by atoms with van der Waals surface area (Å²) in [5, 5.41) is 19.0. The van der Waals surface area contributed by atoms with E-state index in [0.717, 1.165) is 54.2 Å². The Bertz CT molecular complexity index is 1910. The largest absolute Gasteiger partial charge is 0.489 e. The van der Waals surface area contributed by atoms with Crippen LogP contribution < -0.4 is 0 Å². The van der Waals surface area contributed by atoms with Gasteiger partial charge in [-0.15, -0.1) is 0 Å². The monoisotopic (exact) mass is 536 g/mol. The minimum atomic E-state index is -0.959. The van der Waals surface area contributed by atoms with E-state index in [1.54, 1.807) is 6.08 Å². The van der Waals surface area contributed by atoms with Crippen LogP contribution in [-0.2, 0) is 27.5 Å². The van der Waals surface area contributed by atoms with Crippen molar-refractivity contribution in [3.8, 4) is 0 Å². The maximum atomic E-state index is 12.1. The van der Waals surface area contributed by atoms with E-state index in [1.165, 1.54) is 0 Å². The van der Waals surface area contributed by atoms with Crippen LogP contribution in [0.3, 0.4) is 0 Å². The first-order valence-electron chi connectivity index (χ1n) is 13.8. The third-order valence-corrected chi connectivity index (χ3v) is 7.95. The highest BCUT2D eigenvalue weighted by atomic mass is 16.5. The number of carbonyl (C=O) groups is 1. The third-order valence-electron chi connectivity index (χ3n) is 7.95. The van der Waals surface area contributed by atoms with Gasteiger partial charge in [0.05, 0.1) is 12.7 Å². The highest BCUT2D eigenvalue weighted by Crippen LogP contribution is 2.32. The van der Waals surface area contributed by atoms with E-state index in [1.807, 2.05) is 54.6 Å². The molecule has 4 nitrogen and oxygen atoms in total. The molecule has 0 heterocycles. The summed E-state index contributed by atoms with van der Waals surface area (Å²) in [6, 6.07) is 37.6. The Kier molecular flexibility index (Phi) is 6.46. The fraction of sp³-hybridized carbons (Fsp3) is 0.108. The molecular weight excluding hydrogens is 508 g/mol. The minimum absolute atomic E-state index is 0.276. The second-order valence-corrected chi connectivity index (χ2v) is 10.5. The lowest BCUT2D eigenvalue weighted by Gasteiger charge is -2.22. The topological polar surface area (TPSA) is 55.8 Å². The zero-order valence-corrected chi connectivity index (χ0v) is 22.4. The molecule has 6 aromatic carbocycles. The number of aliphatic carboxylic acids is 1. The first-order chi connectivity index (χ1) is 20.1. The van der Waals surface area contributed by atoms with Gasteiger partial charge in [-0.1, -0.05) is 97.1 Å². The summed E-state index contributed by atoms with van der Waals surface area (Å²) in [4.78, 5) is 12.1. The molecule has 1 aliphatic rings. The van der Waals surface area contributed by atoms with Crippen molar-refractivity contribution >= 4 is 49.1 Å². The van der Waals surface area contributed by atoms with Crippen LogP contribution >= 0.6 is 0 Å². The van der Waals surface area contributed by atoms with Gasteiger partial charge in [0.25, 0.3) is 0 Å². The molecule has 0 spiro atoms. The molecule has 6 aromatic rings. The molecule has 1 atom stereocenters. The van der Waals surface area contributed by atoms with Gasteiger partial charge < -0.3 is 14.6 Å². The van der Waals surface area contributed by atoms with Crippen molar-refractivity contribution in [3.05, 3.63) is 144 Å². The number of hydrogen-bond donors (Lipinski definition) is 1. The third kappa shape index (κ3) is 4.83. The fourth-order valence-electron chi connectivity index (χ4n) is 5.96. The summed E-state index contributed by atoms with van der Waals surface area (Å²) >= 11 is 0. The number of rotatable bonds is 7. The molecular formula is C37H28O4. The van der Waals surface area contributed by atoms with E-state index < -0.39 is 12.1 Å². The maximum Gasteiger partial charge on any atom is 0.331 e. The second-order valence-electron chi connectivity index (χ2n) is 10.5. The van der Waals surface area contributed by atoms with Crippen molar-refractivity contribution in [2.24, 2.45) is 0 Å². The molecule has 0 fully saturated rings. The Morgan fingerprint density at radius 1 is 0.659 bits per heavy atom. The molecule has 4 heteroatoms. The molecule has 0 aromatic heterocycles. The van der Waals surface area contributed by atoms with Crippen molar-refractivity contribution in [3.63, 3.8) is 0 Å². The predicted molar refractivity (Wildman–Crippen MR) is 165 cm³/mol. The molecule has 1 unspecified atom stereocenters. The van der Waals surface area contributed by atoms with E-state index >= 15 is 0 Å². The molecule has 0 bridgehead atoms. The van der Waals surface area contributed by atoms with Gasteiger partial charge in [0.2, 0.25) is 0 Å². The zero-order valence-electron chi connectivity index (χ0n) is 22.4. The minimum Gasteiger partial charge on any atom is -0.489 e. The van der Waals surface area contributed by atoms with Crippen LogP contribution in [0, 0.1) is 0 Å². The smallest absolute Gasteiger partial charge is 0.331 e. The molecule has 1 N–H and O–H groups in total. The average molecular weight is 537 g/mol.